The van der Waals surface area contributed by atoms with E-state index in [4.69, 9.17) is 4.74 Å². The van der Waals surface area contributed by atoms with Gasteiger partial charge in [0.1, 0.15) is 15.6 Å². The first kappa shape index (κ1) is 24.9. The number of sulfone groups is 1. The Labute approximate surface area is 173 Å². The Kier molecular flexibility index (Phi) is 11.8. The fourth-order valence-electron chi connectivity index (χ4n) is 2.05. The molecule has 0 amide bonds. The van der Waals surface area contributed by atoms with Crippen molar-refractivity contribution in [2.75, 3.05) is 31.6 Å². The van der Waals surface area contributed by atoms with Crippen molar-refractivity contribution in [3.05, 3.63) is 29.8 Å². The summed E-state index contributed by atoms with van der Waals surface area (Å²) in [6, 6.07) is 7.29. The average molecular weight is 499 g/mol. The minimum atomic E-state index is -3.03. The minimum Gasteiger partial charge on any atom is -0.491 e. The molecule has 3 N–H and O–H groups in total. The third-order valence-electron chi connectivity index (χ3n) is 3.15. The van der Waals surface area contributed by atoms with Gasteiger partial charge in [-0.25, -0.2) is 8.42 Å². The van der Waals surface area contributed by atoms with Gasteiger partial charge >= 0.3 is 0 Å². The molecule has 150 valence electrons. The molecule has 0 aliphatic rings. The van der Waals surface area contributed by atoms with Crippen LogP contribution in [0.5, 0.6) is 5.75 Å². The minimum absolute atomic E-state index is 0. The summed E-state index contributed by atoms with van der Waals surface area (Å²) in [6.45, 7) is 6.85. The van der Waals surface area contributed by atoms with Crippen molar-refractivity contribution in [2.24, 2.45) is 4.99 Å². The van der Waals surface area contributed by atoms with Crippen LogP contribution in [0.1, 0.15) is 32.4 Å². The number of aliphatic imine (C=N–C) groups is 1. The first-order valence-electron chi connectivity index (χ1n) is 8.36. The third kappa shape index (κ3) is 10.8. The van der Waals surface area contributed by atoms with E-state index in [1.165, 1.54) is 6.26 Å². The van der Waals surface area contributed by atoms with Crippen molar-refractivity contribution in [1.29, 1.82) is 0 Å². The van der Waals surface area contributed by atoms with Crippen LogP contribution in [0.2, 0.25) is 0 Å². The lowest BCUT2D eigenvalue weighted by Crippen LogP contribution is -2.39. The van der Waals surface area contributed by atoms with E-state index in [0.717, 1.165) is 0 Å². The number of nitrogens with one attached hydrogen (secondary N) is 2. The highest BCUT2D eigenvalue weighted by molar-refractivity contribution is 14.0. The fraction of sp³-hybridized carbons (Fsp3) is 0.588. The van der Waals surface area contributed by atoms with Crippen molar-refractivity contribution in [3.8, 4) is 5.75 Å². The van der Waals surface area contributed by atoms with Crippen molar-refractivity contribution in [3.63, 3.8) is 0 Å². The molecule has 1 atom stereocenters. The summed E-state index contributed by atoms with van der Waals surface area (Å²) in [5, 5.41) is 16.3. The molecule has 0 saturated heterocycles. The average Bonchev–Trinajstić information content (AvgIpc) is 2.50. The van der Waals surface area contributed by atoms with E-state index >= 15 is 0 Å². The van der Waals surface area contributed by atoms with Crippen molar-refractivity contribution in [1.82, 2.24) is 10.6 Å². The molecule has 0 aliphatic carbocycles. The quantitative estimate of drug-likeness (QED) is 0.272. The van der Waals surface area contributed by atoms with Crippen molar-refractivity contribution < 1.29 is 18.3 Å². The van der Waals surface area contributed by atoms with Crippen LogP contribution in [-0.2, 0) is 9.84 Å². The predicted octanol–water partition coefficient (Wildman–Crippen LogP) is 1.72. The number of benzene rings is 1. The number of nitrogens with zero attached hydrogens (tertiary/aromatic N) is 1. The van der Waals surface area contributed by atoms with Crippen LogP contribution in [0, 0.1) is 0 Å². The maximum Gasteiger partial charge on any atom is 0.191 e. The molecule has 0 saturated carbocycles. The highest BCUT2D eigenvalue weighted by Crippen LogP contribution is 2.20. The molecule has 0 aliphatic heterocycles. The van der Waals surface area contributed by atoms with E-state index in [1.807, 2.05) is 39.0 Å². The van der Waals surface area contributed by atoms with Gasteiger partial charge in [-0.1, -0.05) is 12.1 Å². The van der Waals surface area contributed by atoms with E-state index in [0.29, 0.717) is 23.8 Å². The van der Waals surface area contributed by atoms with E-state index in [2.05, 4.69) is 15.6 Å². The summed E-state index contributed by atoms with van der Waals surface area (Å²) in [7, 11) is -3.03. The van der Waals surface area contributed by atoms with E-state index in [9.17, 15) is 13.5 Å². The summed E-state index contributed by atoms with van der Waals surface area (Å²) >= 11 is 0. The Bertz CT molecular complexity index is 666. The molecule has 9 heteroatoms. The normalized spacial score (nSPS) is 13.1. The van der Waals surface area contributed by atoms with E-state index < -0.39 is 15.9 Å². The van der Waals surface area contributed by atoms with Crippen LogP contribution < -0.4 is 15.4 Å². The van der Waals surface area contributed by atoms with Crippen LogP contribution in [0.15, 0.2) is 29.3 Å². The van der Waals surface area contributed by atoms with Crippen LogP contribution in [0.25, 0.3) is 0 Å². The first-order chi connectivity index (χ1) is 11.7. The zero-order chi connectivity index (χ0) is 18.9. The standard InChI is InChI=1S/C17H29N3O4S.HI/c1-5-18-17(19-9-10-25(4,22)23)20-12-16(21)14-7-6-8-15(11-14)24-13(2)3;/h6-8,11,13,16,21H,5,9-10,12H2,1-4H3,(H2,18,19,20);1H. The van der Waals surface area contributed by atoms with Gasteiger partial charge in [0.25, 0.3) is 0 Å². The number of halogens is 1. The molecule has 0 fully saturated rings. The lowest BCUT2D eigenvalue weighted by Gasteiger charge is -2.15. The van der Waals surface area contributed by atoms with E-state index in [-0.39, 0.29) is 48.9 Å². The molecule has 26 heavy (non-hydrogen) atoms. The topological polar surface area (TPSA) is 100 Å². The highest BCUT2D eigenvalue weighted by Gasteiger charge is 2.10. The summed E-state index contributed by atoms with van der Waals surface area (Å²) < 4.78 is 28.0. The number of aliphatic hydroxyl groups excluding tert-OH is 1. The molecule has 1 aromatic carbocycles. The molecule has 0 spiro atoms. The van der Waals surface area contributed by atoms with Crippen molar-refractivity contribution in [2.45, 2.75) is 33.0 Å². The van der Waals surface area contributed by atoms with Gasteiger partial charge in [0, 0.05) is 19.3 Å². The molecule has 1 aromatic rings. The zero-order valence-electron chi connectivity index (χ0n) is 15.7. The lowest BCUT2D eigenvalue weighted by molar-refractivity contribution is 0.185. The van der Waals surface area contributed by atoms with Gasteiger partial charge in [0.15, 0.2) is 5.96 Å². The Morgan fingerprint density at radius 2 is 2.00 bits per heavy atom. The van der Waals surface area contributed by atoms with Crippen LogP contribution >= 0.6 is 24.0 Å². The first-order valence-corrected chi connectivity index (χ1v) is 10.4. The van der Waals surface area contributed by atoms with Gasteiger partial charge < -0.3 is 20.5 Å². The molecule has 0 radical (unpaired) electrons. The van der Waals surface area contributed by atoms with Gasteiger partial charge in [0.2, 0.25) is 0 Å². The number of aliphatic hydroxyl groups is 1. The van der Waals surface area contributed by atoms with E-state index in [1.54, 1.807) is 6.07 Å². The summed E-state index contributed by atoms with van der Waals surface area (Å²) in [5.74, 6) is 1.20. The number of hydrogen-bond acceptors (Lipinski definition) is 5. The smallest absolute Gasteiger partial charge is 0.191 e. The van der Waals surface area contributed by atoms with Gasteiger partial charge in [-0.3, -0.25) is 4.99 Å². The van der Waals surface area contributed by atoms with Gasteiger partial charge in [0.05, 0.1) is 24.5 Å². The molecule has 1 rings (SSSR count). The molecule has 0 heterocycles. The Hall–Kier alpha value is -1.07. The Morgan fingerprint density at radius 1 is 1.31 bits per heavy atom. The second-order valence-corrected chi connectivity index (χ2v) is 8.29. The summed E-state index contributed by atoms with van der Waals surface area (Å²) in [6.07, 6.45) is 0.472. The Balaban J connectivity index is 0.00000625. The van der Waals surface area contributed by atoms with Crippen LogP contribution in [0.4, 0.5) is 0 Å². The molecule has 1 unspecified atom stereocenters. The second-order valence-electron chi connectivity index (χ2n) is 6.03. The number of guanidine groups is 1. The highest BCUT2D eigenvalue weighted by atomic mass is 127. The molecule has 0 aromatic heterocycles. The predicted molar refractivity (Wildman–Crippen MR) is 116 cm³/mol. The SMILES string of the molecule is CCNC(=NCC(O)c1cccc(OC(C)C)c1)NCCS(C)(=O)=O.I. The van der Waals surface area contributed by atoms with Crippen molar-refractivity contribution >= 4 is 39.8 Å². The van der Waals surface area contributed by atoms with Gasteiger partial charge in [-0.15, -0.1) is 24.0 Å². The Morgan fingerprint density at radius 3 is 2.58 bits per heavy atom. The molecular formula is C17H30IN3O4S. The second kappa shape index (κ2) is 12.3. The molecular weight excluding hydrogens is 469 g/mol. The van der Waals surface area contributed by atoms with Crippen LogP contribution in [-0.4, -0.2) is 57.2 Å². The fourth-order valence-corrected chi connectivity index (χ4v) is 2.52. The largest absolute Gasteiger partial charge is 0.491 e. The zero-order valence-corrected chi connectivity index (χ0v) is 18.9. The maximum atomic E-state index is 11.2. The summed E-state index contributed by atoms with van der Waals surface area (Å²) in [4.78, 5) is 4.31. The maximum absolute atomic E-state index is 11.2. The number of ether oxygens (including phenoxy) is 1. The monoisotopic (exact) mass is 499 g/mol. The number of rotatable bonds is 9. The molecule has 0 bridgehead atoms. The number of hydrogen-bond donors (Lipinski definition) is 3. The third-order valence-corrected chi connectivity index (χ3v) is 4.09. The molecule has 7 nitrogen and oxygen atoms in total. The summed E-state index contributed by atoms with van der Waals surface area (Å²) in [5.41, 5.74) is 0.717. The van der Waals surface area contributed by atoms with Gasteiger partial charge in [-0.2, -0.15) is 0 Å². The van der Waals surface area contributed by atoms with Crippen LogP contribution in [0.3, 0.4) is 0 Å². The van der Waals surface area contributed by atoms with Gasteiger partial charge in [-0.05, 0) is 38.5 Å². The lowest BCUT2D eigenvalue weighted by atomic mass is 10.1.